The normalized spacial score (nSPS) is 15.3. The van der Waals surface area contributed by atoms with Gasteiger partial charge in [0.15, 0.2) is 5.70 Å². The van der Waals surface area contributed by atoms with E-state index in [0.29, 0.717) is 11.3 Å². The number of aliphatic imine (C=N–C) groups is 1. The maximum atomic E-state index is 12.1. The van der Waals surface area contributed by atoms with E-state index in [1.165, 1.54) is 0 Å². The summed E-state index contributed by atoms with van der Waals surface area (Å²) in [7, 11) is 3.20. The second-order valence-electron chi connectivity index (χ2n) is 5.31. The summed E-state index contributed by atoms with van der Waals surface area (Å²) < 4.78 is 16.5. The maximum absolute atomic E-state index is 12.1. The molecule has 0 amide bonds. The Hall–Kier alpha value is -2.86. The number of cyclic esters (lactones) is 1. The first-order chi connectivity index (χ1) is 12.6. The highest BCUT2D eigenvalue weighted by atomic mass is 79.9. The van der Waals surface area contributed by atoms with Crippen molar-refractivity contribution >= 4 is 33.9 Å². The Balaban J connectivity index is 1.84. The number of halogens is 1. The molecule has 1 heterocycles. The molecular formula is C20H16BrNO4. The SMILES string of the molecule is COc1ccc(C2=NC(=CC=Cc3ccccc3OC)C(=O)O2)c(Br)c1. The van der Waals surface area contributed by atoms with Crippen molar-refractivity contribution in [3.63, 3.8) is 0 Å². The van der Waals surface area contributed by atoms with Gasteiger partial charge in [-0.1, -0.05) is 30.4 Å². The molecule has 0 bridgehead atoms. The number of esters is 1. The first kappa shape index (κ1) is 17.9. The fourth-order valence-electron chi connectivity index (χ4n) is 2.38. The van der Waals surface area contributed by atoms with Crippen molar-refractivity contribution in [2.75, 3.05) is 14.2 Å². The van der Waals surface area contributed by atoms with Gasteiger partial charge in [0.25, 0.3) is 0 Å². The Morgan fingerprint density at radius 2 is 1.92 bits per heavy atom. The van der Waals surface area contributed by atoms with Crippen LogP contribution < -0.4 is 9.47 Å². The van der Waals surface area contributed by atoms with E-state index in [0.717, 1.165) is 15.8 Å². The van der Waals surface area contributed by atoms with Crippen molar-refractivity contribution in [2.45, 2.75) is 0 Å². The molecule has 0 unspecified atom stereocenters. The van der Waals surface area contributed by atoms with Crippen molar-refractivity contribution in [1.82, 2.24) is 0 Å². The van der Waals surface area contributed by atoms with Crippen molar-refractivity contribution in [1.29, 1.82) is 0 Å². The highest BCUT2D eigenvalue weighted by Crippen LogP contribution is 2.27. The average molecular weight is 414 g/mol. The molecule has 1 aliphatic rings. The summed E-state index contributed by atoms with van der Waals surface area (Å²) in [4.78, 5) is 16.3. The molecule has 0 atom stereocenters. The highest BCUT2D eigenvalue weighted by molar-refractivity contribution is 9.10. The van der Waals surface area contributed by atoms with Gasteiger partial charge >= 0.3 is 5.97 Å². The van der Waals surface area contributed by atoms with E-state index in [1.807, 2.05) is 30.3 Å². The van der Waals surface area contributed by atoms with Gasteiger partial charge in [0.1, 0.15) is 11.5 Å². The van der Waals surface area contributed by atoms with E-state index in [2.05, 4.69) is 20.9 Å². The standard InChI is InChI=1S/C20H16BrNO4/c1-24-14-10-11-15(16(21)12-14)19-22-17(20(23)26-19)8-5-7-13-6-3-4-9-18(13)25-2/h3-12H,1-2H3. The molecule has 0 aromatic heterocycles. The van der Waals surface area contributed by atoms with Gasteiger partial charge in [-0.05, 0) is 46.3 Å². The van der Waals surface area contributed by atoms with Crippen LogP contribution in [-0.2, 0) is 9.53 Å². The minimum atomic E-state index is -0.493. The van der Waals surface area contributed by atoms with Crippen LogP contribution >= 0.6 is 15.9 Å². The molecule has 0 radical (unpaired) electrons. The minimum absolute atomic E-state index is 0.230. The quantitative estimate of drug-likeness (QED) is 0.539. The van der Waals surface area contributed by atoms with Gasteiger partial charge in [-0.2, -0.15) is 0 Å². The first-order valence-corrected chi connectivity index (χ1v) is 8.58. The zero-order valence-electron chi connectivity index (χ0n) is 14.2. The number of methoxy groups -OCH3 is 2. The third kappa shape index (κ3) is 3.86. The smallest absolute Gasteiger partial charge is 0.363 e. The Bertz CT molecular complexity index is 931. The van der Waals surface area contributed by atoms with Gasteiger partial charge < -0.3 is 14.2 Å². The Labute approximate surface area is 159 Å². The molecule has 5 nitrogen and oxygen atoms in total. The number of benzene rings is 2. The van der Waals surface area contributed by atoms with Crippen molar-refractivity contribution in [3.8, 4) is 11.5 Å². The summed E-state index contributed by atoms with van der Waals surface area (Å²) in [5.74, 6) is 1.21. The van der Waals surface area contributed by atoms with E-state index >= 15 is 0 Å². The van der Waals surface area contributed by atoms with Gasteiger partial charge in [0.05, 0.1) is 19.8 Å². The average Bonchev–Trinajstić information content (AvgIpc) is 3.02. The van der Waals surface area contributed by atoms with Crippen LogP contribution in [0, 0.1) is 0 Å². The molecule has 6 heteroatoms. The molecule has 132 valence electrons. The predicted octanol–water partition coefficient (Wildman–Crippen LogP) is 4.37. The molecule has 0 saturated carbocycles. The molecule has 26 heavy (non-hydrogen) atoms. The molecular weight excluding hydrogens is 398 g/mol. The lowest BCUT2D eigenvalue weighted by atomic mass is 10.2. The molecule has 0 aliphatic carbocycles. The van der Waals surface area contributed by atoms with E-state index in [1.54, 1.807) is 44.6 Å². The summed E-state index contributed by atoms with van der Waals surface area (Å²) in [5, 5.41) is 0. The van der Waals surface area contributed by atoms with E-state index in [-0.39, 0.29) is 11.6 Å². The summed E-state index contributed by atoms with van der Waals surface area (Å²) in [5.41, 5.74) is 1.81. The van der Waals surface area contributed by atoms with Crippen LogP contribution in [0.15, 0.2) is 69.8 Å². The van der Waals surface area contributed by atoms with Crippen LogP contribution in [0.4, 0.5) is 0 Å². The maximum Gasteiger partial charge on any atom is 0.363 e. The summed E-state index contributed by atoms with van der Waals surface area (Å²) in [6, 6.07) is 12.9. The predicted molar refractivity (Wildman–Crippen MR) is 103 cm³/mol. The van der Waals surface area contributed by atoms with Gasteiger partial charge in [-0.25, -0.2) is 9.79 Å². The van der Waals surface area contributed by atoms with E-state index < -0.39 is 5.97 Å². The van der Waals surface area contributed by atoms with Crippen LogP contribution in [0.5, 0.6) is 11.5 Å². The first-order valence-electron chi connectivity index (χ1n) is 7.78. The number of ether oxygens (including phenoxy) is 3. The van der Waals surface area contributed by atoms with Crippen LogP contribution in [0.3, 0.4) is 0 Å². The topological polar surface area (TPSA) is 57.1 Å². The van der Waals surface area contributed by atoms with Gasteiger partial charge in [-0.3, -0.25) is 0 Å². The lowest BCUT2D eigenvalue weighted by Crippen LogP contribution is -2.06. The number of para-hydroxylation sites is 1. The third-order valence-corrected chi connectivity index (χ3v) is 4.35. The van der Waals surface area contributed by atoms with Gasteiger partial charge in [0, 0.05) is 10.0 Å². The van der Waals surface area contributed by atoms with E-state index in [4.69, 9.17) is 14.2 Å². The summed E-state index contributed by atoms with van der Waals surface area (Å²) >= 11 is 3.44. The van der Waals surface area contributed by atoms with Crippen molar-refractivity contribution in [2.24, 2.45) is 4.99 Å². The second-order valence-corrected chi connectivity index (χ2v) is 6.16. The number of hydrogen-bond acceptors (Lipinski definition) is 5. The van der Waals surface area contributed by atoms with E-state index in [9.17, 15) is 4.79 Å². The molecule has 3 rings (SSSR count). The highest BCUT2D eigenvalue weighted by Gasteiger charge is 2.25. The molecule has 2 aromatic carbocycles. The van der Waals surface area contributed by atoms with Crippen molar-refractivity contribution < 1.29 is 19.0 Å². The summed E-state index contributed by atoms with van der Waals surface area (Å²) in [6.45, 7) is 0. The largest absolute Gasteiger partial charge is 0.497 e. The van der Waals surface area contributed by atoms with Gasteiger partial charge in [-0.15, -0.1) is 0 Å². The summed E-state index contributed by atoms with van der Waals surface area (Å²) in [6.07, 6.45) is 5.19. The third-order valence-electron chi connectivity index (χ3n) is 3.70. The zero-order chi connectivity index (χ0) is 18.5. The van der Waals surface area contributed by atoms with Crippen LogP contribution in [0.25, 0.3) is 6.08 Å². The molecule has 0 fully saturated rings. The Morgan fingerprint density at radius 1 is 1.12 bits per heavy atom. The van der Waals surface area contributed by atoms with Crippen LogP contribution in [0.2, 0.25) is 0 Å². The molecule has 0 spiro atoms. The lowest BCUT2D eigenvalue weighted by molar-refractivity contribution is -0.130. The number of carbonyl (C=O) groups excluding carboxylic acids is 1. The number of nitrogens with zero attached hydrogens (tertiary/aromatic N) is 1. The lowest BCUT2D eigenvalue weighted by Gasteiger charge is -2.05. The molecule has 2 aromatic rings. The van der Waals surface area contributed by atoms with Gasteiger partial charge in [0.2, 0.25) is 5.90 Å². The molecule has 0 saturated heterocycles. The fourth-order valence-corrected chi connectivity index (χ4v) is 2.91. The zero-order valence-corrected chi connectivity index (χ0v) is 15.8. The van der Waals surface area contributed by atoms with Crippen molar-refractivity contribution in [3.05, 3.63) is 75.9 Å². The minimum Gasteiger partial charge on any atom is -0.497 e. The van der Waals surface area contributed by atoms with Crippen LogP contribution in [0.1, 0.15) is 11.1 Å². The Morgan fingerprint density at radius 3 is 2.65 bits per heavy atom. The number of rotatable bonds is 5. The van der Waals surface area contributed by atoms with Crippen LogP contribution in [-0.4, -0.2) is 26.1 Å². The number of carbonyl (C=O) groups is 1. The molecule has 1 aliphatic heterocycles. The number of allylic oxidation sites excluding steroid dienone is 2. The fraction of sp³-hybridized carbons (Fsp3) is 0.100. The number of hydrogen-bond donors (Lipinski definition) is 0. The monoisotopic (exact) mass is 413 g/mol. The second kappa shape index (κ2) is 8.01. The Kier molecular flexibility index (Phi) is 5.53. The molecule has 0 N–H and O–H groups in total.